The molecule has 0 unspecified atom stereocenters. The van der Waals surface area contributed by atoms with E-state index in [1.54, 1.807) is 11.3 Å². The highest BCUT2D eigenvalue weighted by atomic mass is 32.1. The highest BCUT2D eigenvalue weighted by molar-refractivity contribution is 7.11. The summed E-state index contributed by atoms with van der Waals surface area (Å²) >= 11 is 1.69. The number of thiophene rings is 1. The summed E-state index contributed by atoms with van der Waals surface area (Å²) in [6, 6.07) is 0. The highest BCUT2D eigenvalue weighted by Crippen LogP contribution is 2.33. The molecule has 2 aliphatic heterocycles. The van der Waals surface area contributed by atoms with E-state index in [1.165, 1.54) is 17.7 Å². The van der Waals surface area contributed by atoms with Crippen LogP contribution in [0, 0.1) is 12.8 Å². The molecule has 0 bridgehead atoms. The van der Waals surface area contributed by atoms with Crippen LogP contribution in [-0.2, 0) is 0 Å². The summed E-state index contributed by atoms with van der Waals surface area (Å²) in [5.41, 5.74) is 0.920. The second-order valence-electron chi connectivity index (χ2n) is 7.09. The number of fused-ring (bicyclic) bond motifs is 1. The number of amides is 1. The van der Waals surface area contributed by atoms with E-state index >= 15 is 0 Å². The Kier molecular flexibility index (Phi) is 4.16. The van der Waals surface area contributed by atoms with Crippen LogP contribution in [0.3, 0.4) is 0 Å². The predicted octanol–water partition coefficient (Wildman–Crippen LogP) is 3.47. The van der Waals surface area contributed by atoms with E-state index in [1.807, 2.05) is 4.90 Å². The van der Waals surface area contributed by atoms with Gasteiger partial charge in [0, 0.05) is 36.4 Å². The monoisotopic (exact) mass is 344 g/mol. The Hall–Kier alpha value is -1.69. The number of piperidine rings is 1. The lowest BCUT2D eigenvalue weighted by atomic mass is 9.99. The molecule has 0 N–H and O–H groups in total. The Bertz CT molecular complexity index is 758. The van der Waals surface area contributed by atoms with E-state index < -0.39 is 0 Å². The maximum absolute atomic E-state index is 12.8. The van der Waals surface area contributed by atoms with Gasteiger partial charge in [-0.2, -0.15) is 0 Å². The van der Waals surface area contributed by atoms with E-state index in [4.69, 9.17) is 4.98 Å². The van der Waals surface area contributed by atoms with Gasteiger partial charge < -0.3 is 9.80 Å². The quantitative estimate of drug-likeness (QED) is 0.837. The lowest BCUT2D eigenvalue weighted by Gasteiger charge is -2.32. The Morgan fingerprint density at radius 1 is 1.17 bits per heavy atom. The number of nitrogens with zero attached hydrogens (tertiary/aromatic N) is 4. The van der Waals surface area contributed by atoms with Crippen molar-refractivity contribution in [2.75, 3.05) is 31.1 Å². The second kappa shape index (κ2) is 6.31. The third-order valence-corrected chi connectivity index (χ3v) is 6.18. The van der Waals surface area contributed by atoms with Crippen LogP contribution >= 0.6 is 11.3 Å². The minimum atomic E-state index is -0.00937. The van der Waals surface area contributed by atoms with Gasteiger partial charge in [0.25, 0.3) is 5.91 Å². The summed E-state index contributed by atoms with van der Waals surface area (Å²) < 4.78 is 0. The van der Waals surface area contributed by atoms with Gasteiger partial charge in [0.2, 0.25) is 5.82 Å². The maximum atomic E-state index is 12.8. The smallest absolute Gasteiger partial charge is 0.291 e. The van der Waals surface area contributed by atoms with Crippen LogP contribution in [0.2, 0.25) is 0 Å². The number of rotatable bonds is 2. The van der Waals surface area contributed by atoms with Gasteiger partial charge in [-0.1, -0.05) is 6.92 Å². The van der Waals surface area contributed by atoms with Gasteiger partial charge in [-0.15, -0.1) is 11.3 Å². The average Bonchev–Trinajstić information content (AvgIpc) is 3.25. The van der Waals surface area contributed by atoms with Gasteiger partial charge in [-0.05, 0) is 38.5 Å². The molecule has 4 heterocycles. The fourth-order valence-electron chi connectivity index (χ4n) is 3.70. The first kappa shape index (κ1) is 15.8. The molecular formula is C18H24N4OS. The van der Waals surface area contributed by atoms with Crippen LogP contribution in [0.25, 0.3) is 10.9 Å². The van der Waals surface area contributed by atoms with Gasteiger partial charge in [0.15, 0.2) is 0 Å². The van der Waals surface area contributed by atoms with E-state index in [-0.39, 0.29) is 5.91 Å². The number of likely N-dealkylation sites (tertiary alicyclic amines) is 1. The molecule has 6 heteroatoms. The molecule has 128 valence electrons. The zero-order valence-corrected chi connectivity index (χ0v) is 15.2. The molecule has 2 fully saturated rings. The molecular weight excluding hydrogens is 320 g/mol. The molecule has 2 aromatic rings. The molecule has 4 rings (SSSR count). The molecule has 2 aliphatic rings. The largest absolute Gasteiger partial charge is 0.356 e. The zero-order chi connectivity index (χ0) is 16.7. The van der Waals surface area contributed by atoms with Crippen molar-refractivity contribution in [1.29, 1.82) is 0 Å². The van der Waals surface area contributed by atoms with Crippen molar-refractivity contribution in [2.45, 2.75) is 39.5 Å². The van der Waals surface area contributed by atoms with Crippen LogP contribution in [0.4, 0.5) is 5.82 Å². The first-order valence-corrected chi connectivity index (χ1v) is 9.81. The lowest BCUT2D eigenvalue weighted by molar-refractivity contribution is 0.0781. The first-order valence-electron chi connectivity index (χ1n) is 8.93. The summed E-state index contributed by atoms with van der Waals surface area (Å²) in [6.45, 7) is 8.12. The molecule has 0 aliphatic carbocycles. The normalized spacial score (nSPS) is 19.4. The second-order valence-corrected chi connectivity index (χ2v) is 8.18. The Labute approximate surface area is 146 Å². The van der Waals surface area contributed by atoms with Crippen LogP contribution in [0.1, 0.15) is 48.1 Å². The van der Waals surface area contributed by atoms with Crippen LogP contribution in [0.5, 0.6) is 0 Å². The van der Waals surface area contributed by atoms with Gasteiger partial charge in [-0.25, -0.2) is 9.97 Å². The number of anilines is 1. The summed E-state index contributed by atoms with van der Waals surface area (Å²) in [4.78, 5) is 27.6. The number of aromatic nitrogens is 2. The molecule has 0 radical (unpaired) electrons. The molecule has 0 saturated carbocycles. The van der Waals surface area contributed by atoms with Crippen molar-refractivity contribution >= 4 is 34.0 Å². The zero-order valence-electron chi connectivity index (χ0n) is 14.4. The number of carbonyl (C=O) groups excluding carboxylic acids is 1. The number of carbonyl (C=O) groups is 1. The molecule has 24 heavy (non-hydrogen) atoms. The van der Waals surface area contributed by atoms with Gasteiger partial charge in [-0.3, -0.25) is 4.79 Å². The van der Waals surface area contributed by atoms with Gasteiger partial charge >= 0.3 is 0 Å². The summed E-state index contributed by atoms with van der Waals surface area (Å²) in [6.07, 6.45) is 4.54. The number of aryl methyl sites for hydroxylation is 1. The van der Waals surface area contributed by atoms with E-state index in [2.05, 4.69) is 29.1 Å². The maximum Gasteiger partial charge on any atom is 0.291 e. The summed E-state index contributed by atoms with van der Waals surface area (Å²) in [5, 5.41) is 3.19. The SMILES string of the molecule is Cc1scc2nc(C(=O)N3CCCC3)nc(N3CCC(C)CC3)c12. The van der Waals surface area contributed by atoms with Crippen molar-refractivity contribution in [3.05, 3.63) is 16.1 Å². The van der Waals surface area contributed by atoms with E-state index in [0.29, 0.717) is 5.82 Å². The molecule has 0 aromatic carbocycles. The minimum absolute atomic E-state index is 0.00937. The highest BCUT2D eigenvalue weighted by Gasteiger charge is 2.26. The van der Waals surface area contributed by atoms with Crippen molar-refractivity contribution in [3.63, 3.8) is 0 Å². The van der Waals surface area contributed by atoms with E-state index in [9.17, 15) is 4.79 Å². The first-order chi connectivity index (χ1) is 11.6. The fourth-order valence-corrected chi connectivity index (χ4v) is 4.47. The standard InChI is InChI=1S/C18H24N4OS/c1-12-5-9-21(10-6-12)17-15-13(2)24-11-14(15)19-16(20-17)18(23)22-7-3-4-8-22/h11-12H,3-10H2,1-2H3. The molecule has 2 aromatic heterocycles. The van der Waals surface area contributed by atoms with Crippen molar-refractivity contribution < 1.29 is 4.79 Å². The summed E-state index contributed by atoms with van der Waals surface area (Å²) in [5.74, 6) is 2.10. The van der Waals surface area contributed by atoms with Crippen molar-refractivity contribution in [3.8, 4) is 0 Å². The minimum Gasteiger partial charge on any atom is -0.356 e. The Balaban J connectivity index is 1.75. The Morgan fingerprint density at radius 2 is 1.88 bits per heavy atom. The topological polar surface area (TPSA) is 49.3 Å². The molecule has 1 amide bonds. The number of hydrogen-bond acceptors (Lipinski definition) is 5. The van der Waals surface area contributed by atoms with Crippen molar-refractivity contribution in [2.24, 2.45) is 5.92 Å². The van der Waals surface area contributed by atoms with Gasteiger partial charge in [0.1, 0.15) is 5.82 Å². The van der Waals surface area contributed by atoms with Gasteiger partial charge in [0.05, 0.1) is 10.9 Å². The fraction of sp³-hybridized carbons (Fsp3) is 0.611. The number of hydrogen-bond donors (Lipinski definition) is 0. The third kappa shape index (κ3) is 2.77. The predicted molar refractivity (Wildman–Crippen MR) is 97.9 cm³/mol. The third-order valence-electron chi connectivity index (χ3n) is 5.29. The van der Waals surface area contributed by atoms with E-state index in [0.717, 1.165) is 61.7 Å². The Morgan fingerprint density at radius 3 is 2.58 bits per heavy atom. The van der Waals surface area contributed by atoms with Crippen LogP contribution in [0.15, 0.2) is 5.38 Å². The average molecular weight is 344 g/mol. The van der Waals surface area contributed by atoms with Crippen LogP contribution in [-0.4, -0.2) is 47.0 Å². The summed E-state index contributed by atoms with van der Waals surface area (Å²) in [7, 11) is 0. The van der Waals surface area contributed by atoms with Crippen molar-refractivity contribution in [1.82, 2.24) is 14.9 Å². The molecule has 0 atom stereocenters. The molecule has 5 nitrogen and oxygen atoms in total. The molecule has 2 saturated heterocycles. The lowest BCUT2D eigenvalue weighted by Crippen LogP contribution is -2.35. The van der Waals surface area contributed by atoms with Crippen LogP contribution < -0.4 is 4.90 Å². The molecule has 0 spiro atoms.